The zero-order valence-corrected chi connectivity index (χ0v) is 12.9. The van der Waals surface area contributed by atoms with Gasteiger partial charge in [-0.3, -0.25) is 4.79 Å². The third kappa shape index (κ3) is 5.70. The van der Waals surface area contributed by atoms with E-state index >= 15 is 0 Å². The van der Waals surface area contributed by atoms with Crippen molar-refractivity contribution in [1.29, 1.82) is 0 Å². The van der Waals surface area contributed by atoms with Crippen molar-refractivity contribution in [2.24, 2.45) is 0 Å². The molecule has 3 nitrogen and oxygen atoms in total. The van der Waals surface area contributed by atoms with Crippen LogP contribution in [0.5, 0.6) is 0 Å². The summed E-state index contributed by atoms with van der Waals surface area (Å²) in [5, 5.41) is 5.96. The van der Waals surface area contributed by atoms with Gasteiger partial charge in [0.1, 0.15) is 5.82 Å². The normalized spacial score (nSPS) is 12.2. The van der Waals surface area contributed by atoms with Crippen LogP contribution < -0.4 is 10.6 Å². The van der Waals surface area contributed by atoms with Crippen LogP contribution in [0.25, 0.3) is 0 Å². The monoisotopic (exact) mass is 330 g/mol. The molecule has 1 unspecified atom stereocenters. The number of halogens is 2. The van der Waals surface area contributed by atoms with Gasteiger partial charge in [0.2, 0.25) is 5.91 Å². The molecule has 0 aromatic heterocycles. The molecule has 0 saturated heterocycles. The Morgan fingerprint density at radius 2 is 2.16 bits per heavy atom. The zero-order valence-electron chi connectivity index (χ0n) is 11.3. The molecule has 0 spiro atoms. The Bertz CT molecular complexity index is 426. The Morgan fingerprint density at radius 3 is 2.84 bits per heavy atom. The first-order valence-corrected chi connectivity index (χ1v) is 7.29. The lowest BCUT2D eigenvalue weighted by Crippen LogP contribution is -2.29. The number of hydrogen-bond donors (Lipinski definition) is 2. The lowest BCUT2D eigenvalue weighted by molar-refractivity contribution is -0.121. The summed E-state index contributed by atoms with van der Waals surface area (Å²) in [6.07, 6.45) is 1.33. The van der Waals surface area contributed by atoms with Gasteiger partial charge in [0.15, 0.2) is 0 Å². The van der Waals surface area contributed by atoms with Crippen LogP contribution in [0.4, 0.5) is 4.39 Å². The fraction of sp³-hybridized carbons (Fsp3) is 0.500. The molecule has 19 heavy (non-hydrogen) atoms. The Morgan fingerprint density at radius 1 is 1.42 bits per heavy atom. The first-order valence-electron chi connectivity index (χ1n) is 6.49. The average molecular weight is 331 g/mol. The fourth-order valence-electron chi connectivity index (χ4n) is 1.71. The molecule has 5 heteroatoms. The van der Waals surface area contributed by atoms with Crippen LogP contribution in [0.2, 0.25) is 0 Å². The van der Waals surface area contributed by atoms with E-state index in [1.54, 1.807) is 12.1 Å². The standard InChI is InChI=1S/C14H20BrFN2O/c1-3-7-18-14(19)6-8-17-10(2)12-9-11(15)4-5-13(12)16/h4-5,9-10,17H,3,6-8H2,1-2H3,(H,18,19). The first kappa shape index (κ1) is 16.1. The molecule has 0 aliphatic heterocycles. The summed E-state index contributed by atoms with van der Waals surface area (Å²) in [6, 6.07) is 4.73. The molecule has 1 rings (SSSR count). The van der Waals surface area contributed by atoms with Crippen LogP contribution in [0, 0.1) is 5.82 Å². The van der Waals surface area contributed by atoms with Crippen molar-refractivity contribution in [3.8, 4) is 0 Å². The molecule has 1 amide bonds. The van der Waals surface area contributed by atoms with E-state index in [4.69, 9.17) is 0 Å². The van der Waals surface area contributed by atoms with Gasteiger partial charge in [-0.25, -0.2) is 4.39 Å². The molecule has 0 saturated carbocycles. The molecule has 0 radical (unpaired) electrons. The second-order valence-electron chi connectivity index (χ2n) is 4.44. The highest BCUT2D eigenvalue weighted by Crippen LogP contribution is 2.21. The average Bonchev–Trinajstić information content (AvgIpc) is 2.39. The van der Waals surface area contributed by atoms with Crippen LogP contribution >= 0.6 is 15.9 Å². The maximum absolute atomic E-state index is 13.6. The minimum atomic E-state index is -0.237. The summed E-state index contributed by atoms with van der Waals surface area (Å²) in [5.74, 6) is -0.213. The van der Waals surface area contributed by atoms with Gasteiger partial charge in [-0.15, -0.1) is 0 Å². The number of nitrogens with one attached hydrogen (secondary N) is 2. The summed E-state index contributed by atoms with van der Waals surface area (Å²) in [6.45, 7) is 5.13. The number of hydrogen-bond acceptors (Lipinski definition) is 2. The Labute approximate surface area is 122 Å². The highest BCUT2D eigenvalue weighted by atomic mass is 79.9. The van der Waals surface area contributed by atoms with Gasteiger partial charge < -0.3 is 10.6 Å². The number of amides is 1. The molecule has 1 atom stereocenters. The molecule has 1 aromatic carbocycles. The lowest BCUT2D eigenvalue weighted by Gasteiger charge is -2.15. The van der Waals surface area contributed by atoms with Crippen molar-refractivity contribution in [2.45, 2.75) is 32.7 Å². The first-order chi connectivity index (χ1) is 9.04. The third-order valence-electron chi connectivity index (χ3n) is 2.80. The molecule has 0 fully saturated rings. The van der Waals surface area contributed by atoms with E-state index in [-0.39, 0.29) is 17.8 Å². The highest BCUT2D eigenvalue weighted by molar-refractivity contribution is 9.10. The number of carbonyl (C=O) groups is 1. The van der Waals surface area contributed by atoms with Gasteiger partial charge in [0.25, 0.3) is 0 Å². The minimum Gasteiger partial charge on any atom is -0.356 e. The Kier molecular flexibility index (Phi) is 7.02. The predicted octanol–water partition coefficient (Wildman–Crippen LogP) is 3.16. The summed E-state index contributed by atoms with van der Waals surface area (Å²) in [5.41, 5.74) is 0.600. The van der Waals surface area contributed by atoms with E-state index in [1.807, 2.05) is 13.8 Å². The maximum Gasteiger partial charge on any atom is 0.221 e. The van der Waals surface area contributed by atoms with Gasteiger partial charge in [-0.05, 0) is 31.5 Å². The van der Waals surface area contributed by atoms with E-state index in [0.717, 1.165) is 10.9 Å². The Hall–Kier alpha value is -0.940. The van der Waals surface area contributed by atoms with Gasteiger partial charge in [0.05, 0.1) is 0 Å². The van der Waals surface area contributed by atoms with Crippen molar-refractivity contribution < 1.29 is 9.18 Å². The second kappa shape index (κ2) is 8.27. The second-order valence-corrected chi connectivity index (χ2v) is 5.36. The van der Waals surface area contributed by atoms with Crippen molar-refractivity contribution in [3.05, 3.63) is 34.1 Å². The third-order valence-corrected chi connectivity index (χ3v) is 3.29. The predicted molar refractivity (Wildman–Crippen MR) is 78.4 cm³/mol. The van der Waals surface area contributed by atoms with Crippen molar-refractivity contribution in [1.82, 2.24) is 10.6 Å². The summed E-state index contributed by atoms with van der Waals surface area (Å²) >= 11 is 3.33. The van der Waals surface area contributed by atoms with Crippen molar-refractivity contribution in [2.75, 3.05) is 13.1 Å². The number of benzene rings is 1. The fourth-order valence-corrected chi connectivity index (χ4v) is 2.09. The van der Waals surface area contributed by atoms with Gasteiger partial charge >= 0.3 is 0 Å². The van der Waals surface area contributed by atoms with Gasteiger partial charge in [-0.1, -0.05) is 22.9 Å². The molecule has 0 heterocycles. The highest BCUT2D eigenvalue weighted by Gasteiger charge is 2.11. The number of rotatable bonds is 7. The van der Waals surface area contributed by atoms with Crippen LogP contribution in [0.3, 0.4) is 0 Å². The molecule has 106 valence electrons. The van der Waals surface area contributed by atoms with E-state index < -0.39 is 0 Å². The quantitative estimate of drug-likeness (QED) is 0.806. The van der Waals surface area contributed by atoms with E-state index in [1.165, 1.54) is 6.07 Å². The molecule has 0 aliphatic rings. The smallest absolute Gasteiger partial charge is 0.221 e. The van der Waals surface area contributed by atoms with Gasteiger partial charge in [-0.2, -0.15) is 0 Å². The molecule has 1 aromatic rings. The molecular formula is C14H20BrFN2O. The zero-order chi connectivity index (χ0) is 14.3. The molecule has 0 bridgehead atoms. The molecular weight excluding hydrogens is 311 g/mol. The summed E-state index contributed by atoms with van der Waals surface area (Å²) in [4.78, 5) is 11.4. The van der Waals surface area contributed by atoms with Crippen LogP contribution in [0.1, 0.15) is 38.3 Å². The SMILES string of the molecule is CCCNC(=O)CCNC(C)c1cc(Br)ccc1F. The van der Waals surface area contributed by atoms with E-state index in [2.05, 4.69) is 26.6 Å². The number of carbonyl (C=O) groups excluding carboxylic acids is 1. The van der Waals surface area contributed by atoms with Crippen molar-refractivity contribution >= 4 is 21.8 Å². The minimum absolute atomic E-state index is 0.0243. The van der Waals surface area contributed by atoms with Gasteiger partial charge in [0, 0.05) is 35.6 Å². The Balaban J connectivity index is 2.41. The largest absolute Gasteiger partial charge is 0.356 e. The van der Waals surface area contributed by atoms with E-state index in [9.17, 15) is 9.18 Å². The van der Waals surface area contributed by atoms with E-state index in [0.29, 0.717) is 25.1 Å². The maximum atomic E-state index is 13.6. The van der Waals surface area contributed by atoms with Crippen LogP contribution in [-0.2, 0) is 4.79 Å². The molecule has 2 N–H and O–H groups in total. The molecule has 0 aliphatic carbocycles. The summed E-state index contributed by atoms with van der Waals surface area (Å²) < 4.78 is 14.5. The summed E-state index contributed by atoms with van der Waals surface area (Å²) in [7, 11) is 0. The van der Waals surface area contributed by atoms with Crippen molar-refractivity contribution in [3.63, 3.8) is 0 Å². The topological polar surface area (TPSA) is 41.1 Å². The van der Waals surface area contributed by atoms with Crippen LogP contribution in [0.15, 0.2) is 22.7 Å². The van der Waals surface area contributed by atoms with Crippen LogP contribution in [-0.4, -0.2) is 19.0 Å². The lowest BCUT2D eigenvalue weighted by atomic mass is 10.1.